The van der Waals surface area contributed by atoms with E-state index in [0.717, 1.165) is 31.1 Å². The molecule has 3 rings (SSSR count). The number of halogens is 1. The first-order chi connectivity index (χ1) is 13.1. The number of aliphatic imine (C=N–C) groups is 1. The van der Waals surface area contributed by atoms with E-state index >= 15 is 0 Å². The van der Waals surface area contributed by atoms with Gasteiger partial charge in [0.05, 0.1) is 12.6 Å². The predicted molar refractivity (Wildman–Crippen MR) is 128 cm³/mol. The fraction of sp³-hybridized carbons (Fsp3) is 0.409. The Morgan fingerprint density at radius 3 is 2.57 bits per heavy atom. The first-order valence-corrected chi connectivity index (χ1v) is 9.72. The lowest BCUT2D eigenvalue weighted by atomic mass is 10.2. The molecule has 6 heteroatoms. The Morgan fingerprint density at radius 2 is 1.89 bits per heavy atom. The zero-order valence-corrected chi connectivity index (χ0v) is 19.0. The van der Waals surface area contributed by atoms with Crippen molar-refractivity contribution in [1.82, 2.24) is 4.90 Å². The van der Waals surface area contributed by atoms with Crippen molar-refractivity contribution in [2.75, 3.05) is 18.4 Å². The maximum Gasteiger partial charge on any atom is 0.193 e. The maximum atomic E-state index is 6.09. The molecule has 1 aliphatic heterocycles. The average Bonchev–Trinajstić information content (AvgIpc) is 3.09. The molecule has 28 heavy (non-hydrogen) atoms. The quantitative estimate of drug-likeness (QED) is 0.339. The molecule has 0 aromatic heterocycles. The van der Waals surface area contributed by atoms with Gasteiger partial charge in [-0.05, 0) is 63.1 Å². The van der Waals surface area contributed by atoms with E-state index in [-0.39, 0.29) is 30.1 Å². The van der Waals surface area contributed by atoms with Crippen molar-refractivity contribution in [3.05, 3.63) is 60.2 Å². The van der Waals surface area contributed by atoms with E-state index in [9.17, 15) is 0 Å². The molecule has 0 aliphatic carbocycles. The summed E-state index contributed by atoms with van der Waals surface area (Å²) in [5.74, 6) is 1.31. The van der Waals surface area contributed by atoms with Gasteiger partial charge in [-0.25, -0.2) is 0 Å². The molecule has 2 aromatic rings. The molecular formula is C22H31IN4O. The Balaban J connectivity index is 0.00000280. The lowest BCUT2D eigenvalue weighted by Crippen LogP contribution is -2.33. The van der Waals surface area contributed by atoms with Crippen molar-refractivity contribution in [2.24, 2.45) is 10.7 Å². The van der Waals surface area contributed by atoms with Crippen LogP contribution in [0.15, 0.2) is 59.6 Å². The minimum Gasteiger partial charge on any atom is -0.491 e. The smallest absolute Gasteiger partial charge is 0.193 e. The summed E-state index contributed by atoms with van der Waals surface area (Å²) >= 11 is 0. The zero-order chi connectivity index (χ0) is 19.1. The summed E-state index contributed by atoms with van der Waals surface area (Å²) in [6.45, 7) is 6.85. The third-order valence-corrected chi connectivity index (χ3v) is 4.70. The van der Waals surface area contributed by atoms with E-state index in [1.165, 1.54) is 18.4 Å². The average molecular weight is 494 g/mol. The standard InChI is InChI=1S/C22H30N4O.HI/c1-17(2)27-21-12-10-19(11-13-21)25-22(23)24-15-20-9-6-14-26(20)16-18-7-4-3-5-8-18;/h3-5,7-8,10-13,17,20H,6,9,14-16H2,1-2H3,(H3,23,24,25);1H. The van der Waals surface area contributed by atoms with Gasteiger partial charge in [-0.2, -0.15) is 0 Å². The van der Waals surface area contributed by atoms with Gasteiger partial charge in [0, 0.05) is 18.3 Å². The van der Waals surface area contributed by atoms with Gasteiger partial charge >= 0.3 is 0 Å². The molecule has 1 fully saturated rings. The summed E-state index contributed by atoms with van der Waals surface area (Å²) < 4.78 is 5.65. The van der Waals surface area contributed by atoms with Crippen LogP contribution >= 0.6 is 24.0 Å². The molecule has 0 bridgehead atoms. The van der Waals surface area contributed by atoms with Gasteiger partial charge in [0.1, 0.15) is 5.75 Å². The highest BCUT2D eigenvalue weighted by Crippen LogP contribution is 2.20. The van der Waals surface area contributed by atoms with Crippen LogP contribution in [0.4, 0.5) is 5.69 Å². The predicted octanol–water partition coefficient (Wildman–Crippen LogP) is 4.48. The van der Waals surface area contributed by atoms with E-state index in [1.54, 1.807) is 0 Å². The Morgan fingerprint density at radius 1 is 1.18 bits per heavy atom. The molecule has 1 unspecified atom stereocenters. The molecular weight excluding hydrogens is 463 g/mol. The van der Waals surface area contributed by atoms with Crippen LogP contribution in [0.1, 0.15) is 32.3 Å². The van der Waals surface area contributed by atoms with E-state index in [0.29, 0.717) is 12.0 Å². The SMILES string of the molecule is CC(C)Oc1ccc(NC(N)=NCC2CCCN2Cc2ccccc2)cc1.I. The number of rotatable bonds is 7. The molecule has 2 aromatic carbocycles. The molecule has 1 saturated heterocycles. The topological polar surface area (TPSA) is 62.9 Å². The number of guanidine groups is 1. The van der Waals surface area contributed by atoms with Crippen LogP contribution in [-0.4, -0.2) is 36.1 Å². The summed E-state index contributed by atoms with van der Waals surface area (Å²) in [5, 5.41) is 3.16. The Labute approximate surface area is 185 Å². The summed E-state index contributed by atoms with van der Waals surface area (Å²) in [5.41, 5.74) is 8.36. The van der Waals surface area contributed by atoms with Gasteiger partial charge in [-0.1, -0.05) is 30.3 Å². The molecule has 0 saturated carbocycles. The minimum absolute atomic E-state index is 0. The molecule has 3 N–H and O–H groups in total. The summed E-state index contributed by atoms with van der Waals surface area (Å²) in [6.07, 6.45) is 2.56. The van der Waals surface area contributed by atoms with Gasteiger partial charge in [-0.3, -0.25) is 9.89 Å². The molecule has 5 nitrogen and oxygen atoms in total. The van der Waals surface area contributed by atoms with Crippen molar-refractivity contribution in [1.29, 1.82) is 0 Å². The number of hydrogen-bond acceptors (Lipinski definition) is 3. The number of nitrogens with two attached hydrogens (primary N) is 1. The van der Waals surface area contributed by atoms with Gasteiger partial charge in [0.15, 0.2) is 5.96 Å². The molecule has 152 valence electrons. The summed E-state index contributed by atoms with van der Waals surface area (Å²) in [6, 6.07) is 18.9. The number of anilines is 1. The molecule has 0 radical (unpaired) electrons. The normalized spacial score (nSPS) is 17.4. The van der Waals surface area contributed by atoms with Crippen LogP contribution in [0.3, 0.4) is 0 Å². The third kappa shape index (κ3) is 6.98. The Bertz CT molecular complexity index is 734. The second-order valence-corrected chi connectivity index (χ2v) is 7.29. The third-order valence-electron chi connectivity index (χ3n) is 4.70. The summed E-state index contributed by atoms with van der Waals surface area (Å²) in [4.78, 5) is 7.08. The molecule has 1 atom stereocenters. The molecule has 0 amide bonds. The molecule has 0 spiro atoms. The van der Waals surface area contributed by atoms with Crippen molar-refractivity contribution >= 4 is 35.6 Å². The number of likely N-dealkylation sites (tertiary alicyclic amines) is 1. The van der Waals surface area contributed by atoms with E-state index in [1.807, 2.05) is 38.1 Å². The van der Waals surface area contributed by atoms with Crippen LogP contribution in [0, 0.1) is 0 Å². The minimum atomic E-state index is 0. The zero-order valence-electron chi connectivity index (χ0n) is 16.7. The fourth-order valence-electron chi connectivity index (χ4n) is 3.41. The second kappa shape index (κ2) is 11.3. The van der Waals surface area contributed by atoms with Crippen LogP contribution in [-0.2, 0) is 6.54 Å². The lowest BCUT2D eigenvalue weighted by molar-refractivity contribution is 0.242. The Kier molecular flexibility index (Phi) is 9.05. The van der Waals surface area contributed by atoms with Crippen LogP contribution in [0.2, 0.25) is 0 Å². The maximum absolute atomic E-state index is 6.09. The van der Waals surface area contributed by atoms with Gasteiger partial charge in [0.2, 0.25) is 0 Å². The van der Waals surface area contributed by atoms with Gasteiger partial charge in [0.25, 0.3) is 0 Å². The number of hydrogen-bond donors (Lipinski definition) is 2. The Hall–Kier alpha value is -1.80. The number of ether oxygens (including phenoxy) is 1. The monoisotopic (exact) mass is 494 g/mol. The first-order valence-electron chi connectivity index (χ1n) is 9.72. The van der Waals surface area contributed by atoms with Crippen LogP contribution < -0.4 is 15.8 Å². The highest BCUT2D eigenvalue weighted by molar-refractivity contribution is 14.0. The largest absolute Gasteiger partial charge is 0.491 e. The molecule has 1 heterocycles. The number of benzene rings is 2. The van der Waals surface area contributed by atoms with Gasteiger partial charge in [-0.15, -0.1) is 24.0 Å². The second-order valence-electron chi connectivity index (χ2n) is 7.29. The first kappa shape index (κ1) is 22.5. The fourth-order valence-corrected chi connectivity index (χ4v) is 3.41. The van der Waals surface area contributed by atoms with Crippen molar-refractivity contribution in [3.63, 3.8) is 0 Å². The number of nitrogens with zero attached hydrogens (tertiary/aromatic N) is 2. The number of nitrogens with one attached hydrogen (secondary N) is 1. The van der Waals surface area contributed by atoms with Crippen molar-refractivity contribution < 1.29 is 4.74 Å². The highest BCUT2D eigenvalue weighted by atomic mass is 127. The molecule has 1 aliphatic rings. The highest BCUT2D eigenvalue weighted by Gasteiger charge is 2.24. The lowest BCUT2D eigenvalue weighted by Gasteiger charge is -2.23. The van der Waals surface area contributed by atoms with E-state index in [4.69, 9.17) is 10.5 Å². The van der Waals surface area contributed by atoms with Crippen molar-refractivity contribution in [3.8, 4) is 5.75 Å². The van der Waals surface area contributed by atoms with Gasteiger partial charge < -0.3 is 15.8 Å². The van der Waals surface area contributed by atoms with Crippen molar-refractivity contribution in [2.45, 2.75) is 45.4 Å². The van der Waals surface area contributed by atoms with E-state index in [2.05, 4.69) is 45.5 Å². The van der Waals surface area contributed by atoms with Crippen LogP contribution in [0.5, 0.6) is 5.75 Å². The van der Waals surface area contributed by atoms with E-state index < -0.39 is 0 Å². The van der Waals surface area contributed by atoms with Crippen LogP contribution in [0.25, 0.3) is 0 Å². The summed E-state index contributed by atoms with van der Waals surface area (Å²) in [7, 11) is 0.